The highest BCUT2D eigenvalue weighted by atomic mass is 32.2. The van der Waals surface area contributed by atoms with Gasteiger partial charge in [-0.2, -0.15) is 5.10 Å². The van der Waals surface area contributed by atoms with E-state index in [1.165, 1.54) is 6.33 Å². The standard InChI is InChI=1S/C49H54N10O6S/c50-46-44-45(33-17-19-36(20-18-33)65-35-11-3-1-4-12-35)54-59(47(44)52-32-51-46)34-10-8-24-57(30-34)43(62)16-9-23-55-25-27-56(28-26-55)42(61)15-5-2-6-29-66-40-14-7-13-37-38(40)31-58(49(37)64)39-21-22-41(60)53-48(39)63/h1,3-4,7,9,11-14,16-20,32,34,39H,2,5-6,8,10,15,21-31H2,(H2,50,51,52)(H,53,60,63)/b16-9+/t34-,39?/m1/s1. The lowest BCUT2D eigenvalue weighted by atomic mass is 10.0. The lowest BCUT2D eigenvalue weighted by Gasteiger charge is -2.34. The number of benzene rings is 3. The van der Waals surface area contributed by atoms with Crippen LogP contribution >= 0.6 is 11.8 Å². The molecular formula is C49H54N10O6S. The number of imide groups is 1. The van der Waals surface area contributed by atoms with Gasteiger partial charge in [0.05, 0.1) is 11.4 Å². The number of likely N-dealkylation sites (tertiary alicyclic amines) is 1. The van der Waals surface area contributed by atoms with Crippen molar-refractivity contribution in [2.24, 2.45) is 0 Å². The first-order chi connectivity index (χ1) is 32.2. The maximum Gasteiger partial charge on any atom is 0.255 e. The van der Waals surface area contributed by atoms with E-state index >= 15 is 0 Å². The molecule has 6 heterocycles. The van der Waals surface area contributed by atoms with Gasteiger partial charge in [0.2, 0.25) is 23.6 Å². The van der Waals surface area contributed by atoms with E-state index in [0.29, 0.717) is 86.0 Å². The van der Waals surface area contributed by atoms with Crippen LogP contribution in [-0.2, 0) is 25.7 Å². The number of piperazine rings is 1. The van der Waals surface area contributed by atoms with Crippen LogP contribution in [0.4, 0.5) is 5.82 Å². The molecule has 0 spiro atoms. The number of nitrogen functional groups attached to an aromatic ring is 1. The Kier molecular flexibility index (Phi) is 13.7. The zero-order valence-corrected chi connectivity index (χ0v) is 37.7. The zero-order chi connectivity index (χ0) is 45.6. The molecule has 1 unspecified atom stereocenters. The van der Waals surface area contributed by atoms with Crippen LogP contribution in [0.3, 0.4) is 0 Å². The van der Waals surface area contributed by atoms with Gasteiger partial charge in [0.15, 0.2) is 5.65 Å². The second-order valence-electron chi connectivity index (χ2n) is 17.2. The molecule has 0 radical (unpaired) electrons. The second kappa shape index (κ2) is 20.3. The minimum absolute atomic E-state index is 0.0362. The van der Waals surface area contributed by atoms with Gasteiger partial charge in [-0.1, -0.05) is 36.8 Å². The minimum Gasteiger partial charge on any atom is -0.457 e. The van der Waals surface area contributed by atoms with Crippen LogP contribution in [0.25, 0.3) is 22.3 Å². The fraction of sp³-hybridized carbons (Fsp3) is 0.388. The van der Waals surface area contributed by atoms with Crippen LogP contribution < -0.4 is 15.8 Å². The molecule has 17 heteroatoms. The summed E-state index contributed by atoms with van der Waals surface area (Å²) < 4.78 is 7.90. The largest absolute Gasteiger partial charge is 0.457 e. The molecule has 3 saturated heterocycles. The predicted molar refractivity (Wildman–Crippen MR) is 250 cm³/mol. The highest BCUT2D eigenvalue weighted by Gasteiger charge is 2.40. The molecule has 0 aliphatic carbocycles. The summed E-state index contributed by atoms with van der Waals surface area (Å²) in [6.45, 7) is 4.99. The number of para-hydroxylation sites is 1. The van der Waals surface area contributed by atoms with Crippen molar-refractivity contribution >= 4 is 58.1 Å². The number of anilines is 1. The lowest BCUT2D eigenvalue weighted by Crippen LogP contribution is -2.52. The van der Waals surface area contributed by atoms with Crippen LogP contribution in [0.15, 0.2) is 96.2 Å². The first-order valence-electron chi connectivity index (χ1n) is 22.9. The highest BCUT2D eigenvalue weighted by Crippen LogP contribution is 2.37. The molecule has 4 aliphatic rings. The molecule has 16 nitrogen and oxygen atoms in total. The SMILES string of the molecule is Nc1ncnc2c1c(-c1ccc(Oc3ccccc3)cc1)nn2[C@@H]1CCCN(C(=O)/C=C/CN2CCN(C(=O)CCCCCSc3cccc4c3CN(C3CCC(=O)NC3=O)C4=O)CC2)C1. The number of piperidine rings is 2. The van der Waals surface area contributed by atoms with Gasteiger partial charge in [-0.05, 0) is 92.0 Å². The van der Waals surface area contributed by atoms with E-state index in [0.717, 1.165) is 72.7 Å². The van der Waals surface area contributed by atoms with Gasteiger partial charge in [-0.15, -0.1) is 11.8 Å². The molecule has 3 fully saturated rings. The van der Waals surface area contributed by atoms with E-state index in [2.05, 4.69) is 20.2 Å². The molecule has 5 aromatic rings. The van der Waals surface area contributed by atoms with Crippen molar-refractivity contribution in [3.05, 3.63) is 102 Å². The Balaban J connectivity index is 0.697. The van der Waals surface area contributed by atoms with Crippen molar-refractivity contribution in [2.75, 3.05) is 57.3 Å². The van der Waals surface area contributed by atoms with Gasteiger partial charge in [0.25, 0.3) is 5.91 Å². The summed E-state index contributed by atoms with van der Waals surface area (Å²) in [6, 6.07) is 22.3. The predicted octanol–water partition coefficient (Wildman–Crippen LogP) is 5.85. The maximum atomic E-state index is 13.5. The Hall–Kier alpha value is -6.59. The quantitative estimate of drug-likeness (QED) is 0.0553. The monoisotopic (exact) mass is 910 g/mol. The van der Waals surface area contributed by atoms with Crippen LogP contribution in [-0.4, -0.2) is 126 Å². The molecule has 9 rings (SSSR count). The van der Waals surface area contributed by atoms with Crippen molar-refractivity contribution in [3.8, 4) is 22.8 Å². The number of aromatic nitrogens is 4. The number of hydrogen-bond donors (Lipinski definition) is 2. The summed E-state index contributed by atoms with van der Waals surface area (Å²) in [5.74, 6) is 1.94. The van der Waals surface area contributed by atoms with Crippen molar-refractivity contribution in [1.82, 2.24) is 44.7 Å². The lowest BCUT2D eigenvalue weighted by molar-refractivity contribution is -0.137. The molecule has 2 aromatic heterocycles. The average Bonchev–Trinajstić information content (AvgIpc) is 3.90. The third-order valence-electron chi connectivity index (χ3n) is 12.9. The van der Waals surface area contributed by atoms with Crippen molar-refractivity contribution in [2.45, 2.75) is 74.9 Å². The Labute approximate surface area is 387 Å². The maximum absolute atomic E-state index is 13.5. The van der Waals surface area contributed by atoms with Gasteiger partial charge < -0.3 is 25.2 Å². The molecule has 0 bridgehead atoms. The molecule has 4 aliphatic heterocycles. The van der Waals surface area contributed by atoms with Crippen molar-refractivity contribution < 1.29 is 28.7 Å². The van der Waals surface area contributed by atoms with E-state index < -0.39 is 11.9 Å². The molecule has 5 amide bonds. The van der Waals surface area contributed by atoms with Crippen LogP contribution in [0.5, 0.6) is 11.5 Å². The average molecular weight is 911 g/mol. The zero-order valence-electron chi connectivity index (χ0n) is 36.8. The number of amides is 5. The fourth-order valence-corrected chi connectivity index (χ4v) is 10.4. The number of nitrogens with one attached hydrogen (secondary N) is 1. The fourth-order valence-electron chi connectivity index (χ4n) is 9.29. The third-order valence-corrected chi connectivity index (χ3v) is 14.0. The number of hydrogen-bond acceptors (Lipinski definition) is 12. The Morgan fingerprint density at radius 3 is 2.47 bits per heavy atom. The molecular weight excluding hydrogens is 857 g/mol. The van der Waals surface area contributed by atoms with Crippen molar-refractivity contribution in [1.29, 1.82) is 0 Å². The van der Waals surface area contributed by atoms with Gasteiger partial charge in [0.1, 0.15) is 35.4 Å². The number of carbonyl (C=O) groups is 5. The van der Waals surface area contributed by atoms with E-state index in [1.54, 1.807) is 22.7 Å². The number of thioether (sulfide) groups is 1. The molecule has 3 N–H and O–H groups in total. The first-order valence-corrected chi connectivity index (χ1v) is 23.9. The van der Waals surface area contributed by atoms with E-state index in [4.69, 9.17) is 15.6 Å². The summed E-state index contributed by atoms with van der Waals surface area (Å²) >= 11 is 1.70. The molecule has 66 heavy (non-hydrogen) atoms. The summed E-state index contributed by atoms with van der Waals surface area (Å²) in [4.78, 5) is 81.4. The van der Waals surface area contributed by atoms with Crippen LogP contribution in [0.1, 0.15) is 73.3 Å². The second-order valence-corrected chi connectivity index (χ2v) is 18.3. The van der Waals surface area contributed by atoms with Crippen molar-refractivity contribution in [3.63, 3.8) is 0 Å². The van der Waals surface area contributed by atoms with Crippen LogP contribution in [0, 0.1) is 0 Å². The van der Waals surface area contributed by atoms with E-state index in [-0.39, 0.29) is 36.1 Å². The number of unbranched alkanes of at least 4 members (excludes halogenated alkanes) is 2. The topological polar surface area (TPSA) is 189 Å². The Bertz CT molecular complexity index is 2630. The molecule has 2 atom stereocenters. The first kappa shape index (κ1) is 44.6. The van der Waals surface area contributed by atoms with Gasteiger partial charge in [-0.3, -0.25) is 34.2 Å². The highest BCUT2D eigenvalue weighted by molar-refractivity contribution is 7.99. The number of nitrogens with zero attached hydrogens (tertiary/aromatic N) is 8. The summed E-state index contributed by atoms with van der Waals surface area (Å²) in [6.07, 6.45) is 10.5. The van der Waals surface area contributed by atoms with E-state index in [9.17, 15) is 24.0 Å². The minimum atomic E-state index is -0.628. The number of ether oxygens (including phenoxy) is 1. The third kappa shape index (κ3) is 9.96. The Morgan fingerprint density at radius 2 is 1.67 bits per heavy atom. The number of rotatable bonds is 15. The smallest absolute Gasteiger partial charge is 0.255 e. The van der Waals surface area contributed by atoms with Gasteiger partial charge >= 0.3 is 0 Å². The van der Waals surface area contributed by atoms with Crippen LogP contribution in [0.2, 0.25) is 0 Å². The summed E-state index contributed by atoms with van der Waals surface area (Å²) in [7, 11) is 0. The molecule has 0 saturated carbocycles. The Morgan fingerprint density at radius 1 is 0.864 bits per heavy atom. The van der Waals surface area contributed by atoms with Gasteiger partial charge in [0, 0.05) is 87.3 Å². The van der Waals surface area contributed by atoms with Gasteiger partial charge in [-0.25, -0.2) is 14.6 Å². The number of carbonyl (C=O) groups excluding carboxylic acids is 5. The number of fused-ring (bicyclic) bond motifs is 2. The summed E-state index contributed by atoms with van der Waals surface area (Å²) in [5.41, 5.74) is 10.2. The molecule has 342 valence electrons. The van der Waals surface area contributed by atoms with E-state index in [1.807, 2.05) is 93.4 Å². The normalized spacial score (nSPS) is 19.2. The molecule has 3 aromatic carbocycles. The summed E-state index contributed by atoms with van der Waals surface area (Å²) in [5, 5.41) is 8.08. The number of nitrogens with two attached hydrogens (primary N) is 1.